The van der Waals surface area contributed by atoms with Crippen molar-refractivity contribution in [1.29, 1.82) is 0 Å². The molecule has 2 nitrogen and oxygen atoms in total. The zero-order valence-electron chi connectivity index (χ0n) is 1.30. The van der Waals surface area contributed by atoms with Crippen LogP contribution in [0.1, 0.15) is 0 Å². The van der Waals surface area contributed by atoms with Gasteiger partial charge in [0.05, 0.1) is 0 Å². The summed E-state index contributed by atoms with van der Waals surface area (Å²) in [6.45, 7) is 0. The SMILES string of the molecule is OOS.[InH3]. The first-order chi connectivity index (χ1) is 1.41. The van der Waals surface area contributed by atoms with Crippen LogP contribution in [0.25, 0.3) is 0 Å². The van der Waals surface area contributed by atoms with E-state index in [1.807, 2.05) is 0 Å². The van der Waals surface area contributed by atoms with Gasteiger partial charge in [-0.1, -0.05) is 0 Å². The Labute approximate surface area is 48.5 Å². The van der Waals surface area contributed by atoms with Crippen LogP contribution < -0.4 is 0 Å². The van der Waals surface area contributed by atoms with Crippen molar-refractivity contribution in [3.8, 4) is 0 Å². The molecular formula is H5InO2S. The molecule has 26 valence electrons. The fraction of sp³-hybridized carbons (Fsp3) is 0. The fourth-order valence-corrected chi connectivity index (χ4v) is 0. The van der Waals surface area contributed by atoms with E-state index in [1.54, 1.807) is 0 Å². The zero-order chi connectivity index (χ0) is 2.71. The second-order valence-electron chi connectivity index (χ2n) is 0.0816. The van der Waals surface area contributed by atoms with Crippen molar-refractivity contribution in [2.24, 2.45) is 0 Å². The first-order valence-electron chi connectivity index (χ1n) is 0.365. The van der Waals surface area contributed by atoms with Gasteiger partial charge in [-0.2, -0.15) is 4.33 Å². The van der Waals surface area contributed by atoms with E-state index in [2.05, 4.69) is 17.2 Å². The van der Waals surface area contributed by atoms with Crippen LogP contribution in [0.4, 0.5) is 0 Å². The minimum atomic E-state index is 0. The molecule has 0 bridgehead atoms. The van der Waals surface area contributed by atoms with Crippen molar-refractivity contribution in [2.75, 3.05) is 0 Å². The van der Waals surface area contributed by atoms with Gasteiger partial charge in [0.15, 0.2) is 0 Å². The van der Waals surface area contributed by atoms with Crippen LogP contribution >= 0.6 is 12.9 Å². The van der Waals surface area contributed by atoms with Gasteiger partial charge in [0, 0.05) is 12.9 Å². The van der Waals surface area contributed by atoms with Crippen molar-refractivity contribution in [1.82, 2.24) is 0 Å². The average molecular weight is 184 g/mol. The predicted octanol–water partition coefficient (Wildman–Crippen LogP) is -0.863. The molecule has 0 aliphatic rings. The van der Waals surface area contributed by atoms with E-state index in [4.69, 9.17) is 5.26 Å². The first-order valence-corrected chi connectivity index (χ1v) is 0.730. The summed E-state index contributed by atoms with van der Waals surface area (Å²) in [6.07, 6.45) is 0. The third kappa shape index (κ3) is 11.1. The predicted molar refractivity (Wildman–Crippen MR) is 22.6 cm³/mol. The standard InChI is InChI=1S/In.H2O2S.3H/c;1-2-3;;;/h;1,3H;;;. The third-order valence-corrected chi connectivity index (χ3v) is 0. The summed E-state index contributed by atoms with van der Waals surface area (Å²) in [5.74, 6) is 0. The normalized spacial score (nSPS) is 4.50. The molecule has 0 heterocycles. The van der Waals surface area contributed by atoms with Crippen LogP contribution in [0.3, 0.4) is 0 Å². The van der Waals surface area contributed by atoms with Crippen molar-refractivity contribution >= 4 is 38.8 Å². The molecule has 0 spiro atoms. The molecule has 0 amide bonds. The zero-order valence-corrected chi connectivity index (χ0v) is 2.20. The number of hydrogen-bond donors (Lipinski definition) is 2. The average Bonchev–Trinajstić information content (AvgIpc) is 0.918. The molecule has 0 radical (unpaired) electrons. The van der Waals surface area contributed by atoms with Gasteiger partial charge in [-0.3, -0.25) is 0 Å². The molecule has 0 rings (SSSR count). The summed E-state index contributed by atoms with van der Waals surface area (Å²) in [5.41, 5.74) is 0. The van der Waals surface area contributed by atoms with Gasteiger partial charge in [0.2, 0.25) is 0 Å². The Balaban J connectivity index is 0. The van der Waals surface area contributed by atoms with Gasteiger partial charge < -0.3 is 0 Å². The van der Waals surface area contributed by atoms with Crippen LogP contribution in [-0.4, -0.2) is 31.1 Å². The van der Waals surface area contributed by atoms with Crippen LogP contribution in [0, 0.1) is 0 Å². The summed E-state index contributed by atoms with van der Waals surface area (Å²) in [4.78, 5) is 0. The summed E-state index contributed by atoms with van der Waals surface area (Å²) in [7, 11) is 0. The Morgan fingerprint density at radius 1 is 1.75 bits per heavy atom. The Kier molecular flexibility index (Phi) is 19.9. The molecule has 0 saturated carbocycles. The molecule has 4 heteroatoms. The maximum atomic E-state index is 6.93. The van der Waals surface area contributed by atoms with Crippen LogP contribution in [-0.2, 0) is 4.33 Å². The number of hydrogen-bond acceptors (Lipinski definition) is 3. The van der Waals surface area contributed by atoms with Gasteiger partial charge in [0.25, 0.3) is 0 Å². The maximum absolute atomic E-state index is 6.93. The second kappa shape index (κ2) is 8.91. The molecule has 0 aromatic carbocycles. The van der Waals surface area contributed by atoms with E-state index >= 15 is 0 Å². The Morgan fingerprint density at radius 3 is 1.75 bits per heavy atom. The van der Waals surface area contributed by atoms with E-state index in [0.717, 1.165) is 0 Å². The Morgan fingerprint density at radius 2 is 1.75 bits per heavy atom. The van der Waals surface area contributed by atoms with E-state index in [-0.39, 0.29) is 25.8 Å². The van der Waals surface area contributed by atoms with E-state index in [0.29, 0.717) is 0 Å². The van der Waals surface area contributed by atoms with Gasteiger partial charge >= 0.3 is 25.8 Å². The van der Waals surface area contributed by atoms with Crippen molar-refractivity contribution in [3.63, 3.8) is 0 Å². The van der Waals surface area contributed by atoms with Crippen LogP contribution in [0.2, 0.25) is 0 Å². The molecule has 0 aliphatic heterocycles. The molecule has 4 heavy (non-hydrogen) atoms. The molecule has 0 fully saturated rings. The molecule has 0 atom stereocenters. The third-order valence-electron chi connectivity index (χ3n) is 0. The van der Waals surface area contributed by atoms with E-state index < -0.39 is 0 Å². The van der Waals surface area contributed by atoms with Crippen LogP contribution in [0.5, 0.6) is 0 Å². The topological polar surface area (TPSA) is 29.5 Å². The summed E-state index contributed by atoms with van der Waals surface area (Å²) in [6, 6.07) is 0. The number of rotatable bonds is 0. The molecule has 1 N–H and O–H groups in total. The number of thiol groups is 1. The molecular weight excluding hydrogens is 179 g/mol. The second-order valence-corrected chi connectivity index (χ2v) is 0.245. The molecule has 0 aromatic heterocycles. The fourth-order valence-electron chi connectivity index (χ4n) is 0. The van der Waals surface area contributed by atoms with Gasteiger partial charge in [0.1, 0.15) is 0 Å². The Hall–Kier alpha value is 1.14. The van der Waals surface area contributed by atoms with Gasteiger partial charge in [-0.25, -0.2) is 5.26 Å². The van der Waals surface area contributed by atoms with Crippen molar-refractivity contribution in [2.45, 2.75) is 0 Å². The van der Waals surface area contributed by atoms with E-state index in [1.165, 1.54) is 0 Å². The van der Waals surface area contributed by atoms with Crippen molar-refractivity contribution < 1.29 is 9.59 Å². The molecule has 0 aliphatic carbocycles. The first kappa shape index (κ1) is 8.94. The monoisotopic (exact) mass is 184 g/mol. The Bertz CT molecular complexity index is 6.00. The minimum absolute atomic E-state index is 0. The molecule has 0 aromatic rings. The molecule has 0 saturated heterocycles. The molecule has 0 unspecified atom stereocenters. The van der Waals surface area contributed by atoms with Gasteiger partial charge in [-0.15, -0.1) is 0 Å². The summed E-state index contributed by atoms with van der Waals surface area (Å²) >= 11 is 2.84. The quantitative estimate of drug-likeness (QED) is 0.222. The van der Waals surface area contributed by atoms with Gasteiger partial charge in [-0.05, 0) is 0 Å². The van der Waals surface area contributed by atoms with Crippen LogP contribution in [0.15, 0.2) is 0 Å². The van der Waals surface area contributed by atoms with Crippen molar-refractivity contribution in [3.05, 3.63) is 0 Å². The summed E-state index contributed by atoms with van der Waals surface area (Å²) < 4.78 is 2.94. The summed E-state index contributed by atoms with van der Waals surface area (Å²) in [5, 5.41) is 6.93. The van der Waals surface area contributed by atoms with E-state index in [9.17, 15) is 0 Å².